The summed E-state index contributed by atoms with van der Waals surface area (Å²) in [5.74, 6) is -0.158. The summed E-state index contributed by atoms with van der Waals surface area (Å²) < 4.78 is 0. The molecule has 6 nitrogen and oxygen atoms in total. The number of carbonyl (C=O) groups is 2. The number of aryl methyl sites for hydroxylation is 1. The Kier molecular flexibility index (Phi) is 5.56. The predicted molar refractivity (Wildman–Crippen MR) is 97.4 cm³/mol. The van der Waals surface area contributed by atoms with E-state index in [9.17, 15) is 9.59 Å². The highest BCUT2D eigenvalue weighted by molar-refractivity contribution is 7.09. The zero-order chi connectivity index (χ0) is 17.7. The van der Waals surface area contributed by atoms with Crippen molar-refractivity contribution in [2.75, 3.05) is 10.6 Å². The molecule has 0 radical (unpaired) electrons. The van der Waals surface area contributed by atoms with Gasteiger partial charge in [0.2, 0.25) is 5.91 Å². The van der Waals surface area contributed by atoms with E-state index in [1.54, 1.807) is 24.3 Å². The maximum absolute atomic E-state index is 12.4. The van der Waals surface area contributed by atoms with Crippen molar-refractivity contribution >= 4 is 34.6 Å². The minimum Gasteiger partial charge on any atom is -0.326 e. The molecule has 1 atom stereocenters. The number of aromatic nitrogens is 1. The Hall–Kier alpha value is -2.41. The standard InChI is InChI=1S/C17H22N4O2S/c1-5-17(4,15-18-11(2)10-24-15)21-16(23)20-14-8-6-7-13(9-14)19-12(3)22/h6-10H,5H2,1-4H3,(H,19,22)(H2,20,21,23)/t17-/m1/s1. The van der Waals surface area contributed by atoms with Crippen LogP contribution in [-0.4, -0.2) is 16.9 Å². The minimum atomic E-state index is -0.530. The van der Waals surface area contributed by atoms with Gasteiger partial charge in [0.05, 0.1) is 5.54 Å². The number of benzene rings is 1. The molecular formula is C17H22N4O2S. The fraction of sp³-hybridized carbons (Fsp3) is 0.353. The first-order valence-electron chi connectivity index (χ1n) is 7.72. The molecule has 3 amide bonds. The number of amides is 3. The molecule has 0 fully saturated rings. The van der Waals surface area contributed by atoms with E-state index < -0.39 is 5.54 Å². The Bertz CT molecular complexity index is 744. The molecular weight excluding hydrogens is 324 g/mol. The number of anilines is 2. The number of urea groups is 1. The number of carbonyl (C=O) groups excluding carboxylic acids is 2. The highest BCUT2D eigenvalue weighted by Gasteiger charge is 2.29. The number of thiazole rings is 1. The molecule has 2 rings (SSSR count). The maximum atomic E-state index is 12.4. The molecule has 0 aliphatic carbocycles. The summed E-state index contributed by atoms with van der Waals surface area (Å²) in [5, 5.41) is 11.3. The van der Waals surface area contributed by atoms with Crippen LogP contribution in [0.5, 0.6) is 0 Å². The third kappa shape index (κ3) is 4.55. The van der Waals surface area contributed by atoms with Gasteiger partial charge in [0.15, 0.2) is 0 Å². The van der Waals surface area contributed by atoms with Gasteiger partial charge in [-0.2, -0.15) is 0 Å². The SMILES string of the molecule is CC[C@@](C)(NC(=O)Nc1cccc(NC(C)=O)c1)c1nc(C)cs1. The van der Waals surface area contributed by atoms with E-state index in [2.05, 4.69) is 20.9 Å². The van der Waals surface area contributed by atoms with Crippen molar-refractivity contribution in [2.24, 2.45) is 0 Å². The van der Waals surface area contributed by atoms with Crippen molar-refractivity contribution in [1.29, 1.82) is 0 Å². The van der Waals surface area contributed by atoms with E-state index in [4.69, 9.17) is 0 Å². The molecule has 0 saturated heterocycles. The van der Waals surface area contributed by atoms with Gasteiger partial charge in [0.25, 0.3) is 0 Å². The normalized spacial score (nSPS) is 13.0. The van der Waals surface area contributed by atoms with Crippen molar-refractivity contribution < 1.29 is 9.59 Å². The van der Waals surface area contributed by atoms with Crippen LogP contribution in [0.15, 0.2) is 29.6 Å². The number of nitrogens with zero attached hydrogens (tertiary/aromatic N) is 1. The van der Waals surface area contributed by atoms with Crippen molar-refractivity contribution in [3.63, 3.8) is 0 Å². The van der Waals surface area contributed by atoms with Crippen molar-refractivity contribution in [3.05, 3.63) is 40.3 Å². The zero-order valence-corrected chi connectivity index (χ0v) is 15.1. The third-order valence-electron chi connectivity index (χ3n) is 3.63. The van der Waals surface area contributed by atoms with Crippen LogP contribution in [0, 0.1) is 6.92 Å². The second-order valence-corrected chi connectivity index (χ2v) is 6.68. The van der Waals surface area contributed by atoms with Crippen LogP contribution >= 0.6 is 11.3 Å². The monoisotopic (exact) mass is 346 g/mol. The van der Waals surface area contributed by atoms with Gasteiger partial charge in [0, 0.05) is 29.4 Å². The molecule has 1 aromatic carbocycles. The van der Waals surface area contributed by atoms with Crippen molar-refractivity contribution in [1.82, 2.24) is 10.3 Å². The first-order chi connectivity index (χ1) is 11.3. The Balaban J connectivity index is 2.08. The molecule has 1 aromatic heterocycles. The van der Waals surface area contributed by atoms with Crippen LogP contribution in [0.25, 0.3) is 0 Å². The topological polar surface area (TPSA) is 83.1 Å². The molecule has 0 aliphatic rings. The smallest absolute Gasteiger partial charge is 0.320 e. The Morgan fingerprint density at radius 2 is 1.92 bits per heavy atom. The summed E-state index contributed by atoms with van der Waals surface area (Å²) in [6.07, 6.45) is 0.722. The summed E-state index contributed by atoms with van der Waals surface area (Å²) in [4.78, 5) is 28.0. The summed E-state index contributed by atoms with van der Waals surface area (Å²) in [7, 11) is 0. The third-order valence-corrected chi connectivity index (χ3v) is 4.85. The molecule has 3 N–H and O–H groups in total. The van der Waals surface area contributed by atoms with Crippen LogP contribution in [0.3, 0.4) is 0 Å². The Morgan fingerprint density at radius 3 is 2.46 bits per heavy atom. The molecule has 0 spiro atoms. The van der Waals surface area contributed by atoms with E-state index in [0.717, 1.165) is 17.1 Å². The highest BCUT2D eigenvalue weighted by Crippen LogP contribution is 2.27. The van der Waals surface area contributed by atoms with Gasteiger partial charge in [-0.3, -0.25) is 4.79 Å². The molecule has 2 aromatic rings. The fourth-order valence-electron chi connectivity index (χ4n) is 2.19. The van der Waals surface area contributed by atoms with Gasteiger partial charge in [0.1, 0.15) is 5.01 Å². The number of rotatable bonds is 5. The van der Waals surface area contributed by atoms with Crippen LogP contribution in [-0.2, 0) is 10.3 Å². The molecule has 24 heavy (non-hydrogen) atoms. The minimum absolute atomic E-state index is 0.158. The molecule has 0 bridgehead atoms. The molecule has 7 heteroatoms. The average molecular weight is 346 g/mol. The lowest BCUT2D eigenvalue weighted by atomic mass is 10.0. The van der Waals surface area contributed by atoms with Gasteiger partial charge >= 0.3 is 6.03 Å². The molecule has 0 unspecified atom stereocenters. The maximum Gasteiger partial charge on any atom is 0.320 e. The summed E-state index contributed by atoms with van der Waals surface area (Å²) >= 11 is 1.54. The van der Waals surface area contributed by atoms with E-state index in [-0.39, 0.29) is 11.9 Å². The largest absolute Gasteiger partial charge is 0.326 e. The second-order valence-electron chi connectivity index (χ2n) is 5.82. The van der Waals surface area contributed by atoms with E-state index in [1.165, 1.54) is 18.3 Å². The van der Waals surface area contributed by atoms with Crippen LogP contribution in [0.2, 0.25) is 0 Å². The highest BCUT2D eigenvalue weighted by atomic mass is 32.1. The van der Waals surface area contributed by atoms with Crippen molar-refractivity contribution in [2.45, 2.75) is 39.7 Å². The van der Waals surface area contributed by atoms with Gasteiger partial charge in [-0.15, -0.1) is 11.3 Å². The lowest BCUT2D eigenvalue weighted by Gasteiger charge is -2.27. The van der Waals surface area contributed by atoms with Crippen LogP contribution in [0.1, 0.15) is 37.9 Å². The number of hydrogen-bond acceptors (Lipinski definition) is 4. The Morgan fingerprint density at radius 1 is 1.25 bits per heavy atom. The first kappa shape index (κ1) is 17.9. The lowest BCUT2D eigenvalue weighted by molar-refractivity contribution is -0.114. The number of hydrogen-bond donors (Lipinski definition) is 3. The Labute approximate surface area is 145 Å². The summed E-state index contributed by atoms with van der Waals surface area (Å²) in [5.41, 5.74) is 1.65. The van der Waals surface area contributed by atoms with Gasteiger partial charge in [-0.05, 0) is 38.5 Å². The van der Waals surface area contributed by atoms with Crippen LogP contribution in [0.4, 0.5) is 16.2 Å². The molecule has 128 valence electrons. The van der Waals surface area contributed by atoms with E-state index in [0.29, 0.717) is 11.4 Å². The quantitative estimate of drug-likeness (QED) is 0.769. The second kappa shape index (κ2) is 7.44. The summed E-state index contributed by atoms with van der Waals surface area (Å²) in [6, 6.07) is 6.69. The molecule has 0 saturated carbocycles. The fourth-order valence-corrected chi connectivity index (χ4v) is 3.18. The van der Waals surface area contributed by atoms with Gasteiger partial charge in [-0.25, -0.2) is 9.78 Å². The van der Waals surface area contributed by atoms with E-state index in [1.807, 2.05) is 26.2 Å². The lowest BCUT2D eigenvalue weighted by Crippen LogP contribution is -2.45. The van der Waals surface area contributed by atoms with E-state index >= 15 is 0 Å². The predicted octanol–water partition coefficient (Wildman–Crippen LogP) is 3.86. The number of nitrogens with one attached hydrogen (secondary N) is 3. The zero-order valence-electron chi connectivity index (χ0n) is 14.3. The van der Waals surface area contributed by atoms with Crippen LogP contribution < -0.4 is 16.0 Å². The summed E-state index contributed by atoms with van der Waals surface area (Å²) in [6.45, 7) is 7.34. The molecule has 1 heterocycles. The van der Waals surface area contributed by atoms with Gasteiger partial charge in [-0.1, -0.05) is 13.0 Å². The molecule has 0 aliphatic heterocycles. The average Bonchev–Trinajstić information content (AvgIpc) is 2.94. The first-order valence-corrected chi connectivity index (χ1v) is 8.60. The van der Waals surface area contributed by atoms with Crippen molar-refractivity contribution in [3.8, 4) is 0 Å². The van der Waals surface area contributed by atoms with Gasteiger partial charge < -0.3 is 16.0 Å².